The van der Waals surface area contributed by atoms with Crippen molar-refractivity contribution in [1.82, 2.24) is 10.2 Å². The Morgan fingerprint density at radius 1 is 1.29 bits per heavy atom. The number of nitrogens with zero attached hydrogens (tertiary/aromatic N) is 1. The van der Waals surface area contributed by atoms with Gasteiger partial charge >= 0.3 is 0 Å². The van der Waals surface area contributed by atoms with Gasteiger partial charge in [-0.3, -0.25) is 9.59 Å². The molecule has 6 heteroatoms. The molecule has 0 saturated heterocycles. The number of halogens is 1. The van der Waals surface area contributed by atoms with Gasteiger partial charge in [0.25, 0.3) is 0 Å². The van der Waals surface area contributed by atoms with Gasteiger partial charge < -0.3 is 15.0 Å². The Hall–Kier alpha value is -1.95. The minimum Gasteiger partial charge on any atom is -0.385 e. The summed E-state index contributed by atoms with van der Waals surface area (Å²) in [4.78, 5) is 26.2. The van der Waals surface area contributed by atoms with Crippen molar-refractivity contribution in [2.24, 2.45) is 0 Å². The molecule has 0 spiro atoms. The second kappa shape index (κ2) is 10.8. The van der Waals surface area contributed by atoms with Crippen molar-refractivity contribution in [1.29, 1.82) is 0 Å². The van der Waals surface area contributed by atoms with Gasteiger partial charge in [-0.2, -0.15) is 0 Å². The van der Waals surface area contributed by atoms with Crippen LogP contribution in [0.1, 0.15) is 38.7 Å². The first-order valence-corrected chi connectivity index (χ1v) is 8.30. The molecule has 0 radical (unpaired) electrons. The molecule has 0 fully saturated rings. The quantitative estimate of drug-likeness (QED) is 0.667. The van der Waals surface area contributed by atoms with E-state index in [4.69, 9.17) is 4.74 Å². The number of hydrogen-bond acceptors (Lipinski definition) is 3. The second-order valence-corrected chi connectivity index (χ2v) is 5.71. The largest absolute Gasteiger partial charge is 0.385 e. The first-order chi connectivity index (χ1) is 11.5. The number of carbonyl (C=O) groups is 2. The van der Waals surface area contributed by atoms with Gasteiger partial charge in [0.15, 0.2) is 0 Å². The van der Waals surface area contributed by atoms with Crippen molar-refractivity contribution in [2.75, 3.05) is 20.3 Å². The van der Waals surface area contributed by atoms with Crippen molar-refractivity contribution in [3.63, 3.8) is 0 Å². The monoisotopic (exact) mass is 338 g/mol. The molecule has 0 heterocycles. The van der Waals surface area contributed by atoms with Crippen LogP contribution >= 0.6 is 0 Å². The maximum absolute atomic E-state index is 13.0. The first-order valence-electron chi connectivity index (χ1n) is 8.30. The topological polar surface area (TPSA) is 58.6 Å². The summed E-state index contributed by atoms with van der Waals surface area (Å²) in [6.45, 7) is 4.99. The third kappa shape index (κ3) is 6.66. The minimum atomic E-state index is -0.586. The zero-order valence-electron chi connectivity index (χ0n) is 14.7. The second-order valence-electron chi connectivity index (χ2n) is 5.71. The molecule has 1 rings (SSSR count). The van der Waals surface area contributed by atoms with Crippen molar-refractivity contribution in [3.8, 4) is 0 Å². The van der Waals surface area contributed by atoms with Crippen LogP contribution in [-0.2, 0) is 20.9 Å². The number of ether oxygens (including phenoxy) is 1. The van der Waals surface area contributed by atoms with Crippen LogP contribution in [0.4, 0.5) is 4.39 Å². The summed E-state index contributed by atoms with van der Waals surface area (Å²) in [6.07, 6.45) is 1.80. The highest BCUT2D eigenvalue weighted by molar-refractivity contribution is 5.87. The van der Waals surface area contributed by atoms with E-state index in [9.17, 15) is 14.0 Å². The van der Waals surface area contributed by atoms with Gasteiger partial charge in [-0.15, -0.1) is 0 Å². The molecular weight excluding hydrogens is 311 g/mol. The molecule has 0 bridgehead atoms. The van der Waals surface area contributed by atoms with E-state index in [-0.39, 0.29) is 24.2 Å². The Labute approximate surface area is 143 Å². The summed E-state index contributed by atoms with van der Waals surface area (Å²) in [5.74, 6) is -0.604. The van der Waals surface area contributed by atoms with Crippen LogP contribution in [0.5, 0.6) is 0 Å². The fourth-order valence-electron chi connectivity index (χ4n) is 2.30. The molecule has 5 nitrogen and oxygen atoms in total. The van der Waals surface area contributed by atoms with E-state index in [0.29, 0.717) is 26.0 Å². The van der Waals surface area contributed by atoms with Crippen LogP contribution in [0.25, 0.3) is 0 Å². The molecule has 2 amide bonds. The molecule has 24 heavy (non-hydrogen) atoms. The minimum absolute atomic E-state index is 0.0821. The fourth-order valence-corrected chi connectivity index (χ4v) is 2.30. The standard InChI is InChI=1S/C18H27FN2O3/c1-4-6-17(22)21(13-15-7-9-16(19)10-8-15)14(2)18(23)20-11-5-12-24-3/h7-10,14H,4-6,11-13H2,1-3H3,(H,20,23)/t14-/m1/s1. The zero-order valence-corrected chi connectivity index (χ0v) is 14.7. The van der Waals surface area contributed by atoms with Gasteiger partial charge in [0.2, 0.25) is 11.8 Å². The van der Waals surface area contributed by atoms with Crippen LogP contribution < -0.4 is 5.32 Å². The molecule has 1 aromatic carbocycles. The molecular formula is C18H27FN2O3. The lowest BCUT2D eigenvalue weighted by Gasteiger charge is -2.28. The number of benzene rings is 1. The van der Waals surface area contributed by atoms with Crippen LogP contribution in [0.2, 0.25) is 0 Å². The summed E-state index contributed by atoms with van der Waals surface area (Å²) < 4.78 is 18.0. The molecule has 0 saturated carbocycles. The first kappa shape index (κ1) is 20.1. The third-order valence-electron chi connectivity index (χ3n) is 3.72. The zero-order chi connectivity index (χ0) is 17.9. The third-order valence-corrected chi connectivity index (χ3v) is 3.72. The molecule has 0 unspecified atom stereocenters. The highest BCUT2D eigenvalue weighted by atomic mass is 19.1. The number of hydrogen-bond donors (Lipinski definition) is 1. The Balaban J connectivity index is 2.74. The van der Waals surface area contributed by atoms with E-state index in [0.717, 1.165) is 12.0 Å². The fraction of sp³-hybridized carbons (Fsp3) is 0.556. The van der Waals surface area contributed by atoms with Crippen LogP contribution in [0.15, 0.2) is 24.3 Å². The van der Waals surface area contributed by atoms with Crippen LogP contribution in [0.3, 0.4) is 0 Å². The highest BCUT2D eigenvalue weighted by Crippen LogP contribution is 2.12. The number of carbonyl (C=O) groups excluding carboxylic acids is 2. The van der Waals surface area contributed by atoms with E-state index in [1.165, 1.54) is 12.1 Å². The van der Waals surface area contributed by atoms with Crippen LogP contribution in [-0.4, -0.2) is 43.0 Å². The maximum Gasteiger partial charge on any atom is 0.242 e. The summed E-state index contributed by atoms with van der Waals surface area (Å²) in [5.41, 5.74) is 0.792. The SMILES string of the molecule is CCCC(=O)N(Cc1ccc(F)cc1)[C@H](C)C(=O)NCCCOC. The van der Waals surface area contributed by atoms with Crippen molar-refractivity contribution in [2.45, 2.75) is 45.7 Å². The molecule has 1 atom stereocenters. The summed E-state index contributed by atoms with van der Waals surface area (Å²) in [7, 11) is 1.61. The molecule has 1 N–H and O–H groups in total. The molecule has 0 aliphatic rings. The van der Waals surface area contributed by atoms with Gasteiger partial charge in [-0.05, 0) is 37.5 Å². The van der Waals surface area contributed by atoms with Crippen molar-refractivity contribution in [3.05, 3.63) is 35.6 Å². The highest BCUT2D eigenvalue weighted by Gasteiger charge is 2.25. The van der Waals surface area contributed by atoms with E-state index in [2.05, 4.69) is 5.32 Å². The van der Waals surface area contributed by atoms with Gasteiger partial charge in [-0.25, -0.2) is 4.39 Å². The predicted molar refractivity (Wildman–Crippen MR) is 90.8 cm³/mol. The normalized spacial score (nSPS) is 11.8. The van der Waals surface area contributed by atoms with Crippen LogP contribution in [0, 0.1) is 5.82 Å². The summed E-state index contributed by atoms with van der Waals surface area (Å²) in [6, 6.07) is 5.38. The van der Waals surface area contributed by atoms with E-state index in [1.807, 2.05) is 6.92 Å². The Morgan fingerprint density at radius 2 is 1.96 bits per heavy atom. The summed E-state index contributed by atoms with van der Waals surface area (Å²) in [5, 5.41) is 2.82. The number of rotatable bonds is 10. The van der Waals surface area contributed by atoms with E-state index >= 15 is 0 Å². The van der Waals surface area contributed by atoms with Gasteiger partial charge in [0, 0.05) is 33.2 Å². The molecule has 0 aliphatic carbocycles. The Morgan fingerprint density at radius 3 is 2.54 bits per heavy atom. The van der Waals surface area contributed by atoms with Gasteiger partial charge in [0.1, 0.15) is 11.9 Å². The van der Waals surface area contributed by atoms with E-state index in [1.54, 1.807) is 31.1 Å². The Kier molecular flexibility index (Phi) is 9.01. The number of methoxy groups -OCH3 is 1. The van der Waals surface area contributed by atoms with E-state index < -0.39 is 6.04 Å². The van der Waals surface area contributed by atoms with Crippen molar-refractivity contribution >= 4 is 11.8 Å². The van der Waals surface area contributed by atoms with Gasteiger partial charge in [0.05, 0.1) is 0 Å². The number of amides is 2. The van der Waals surface area contributed by atoms with Crippen molar-refractivity contribution < 1.29 is 18.7 Å². The lowest BCUT2D eigenvalue weighted by atomic mass is 10.1. The lowest BCUT2D eigenvalue weighted by Crippen LogP contribution is -2.47. The number of nitrogens with one attached hydrogen (secondary N) is 1. The maximum atomic E-state index is 13.0. The Bertz CT molecular complexity index is 520. The average Bonchev–Trinajstić information content (AvgIpc) is 2.57. The summed E-state index contributed by atoms with van der Waals surface area (Å²) >= 11 is 0. The lowest BCUT2D eigenvalue weighted by molar-refractivity contribution is -0.140. The molecule has 134 valence electrons. The molecule has 0 aliphatic heterocycles. The smallest absolute Gasteiger partial charge is 0.242 e. The predicted octanol–water partition coefficient (Wildman–Crippen LogP) is 2.50. The average molecular weight is 338 g/mol. The molecule has 1 aromatic rings. The van der Waals surface area contributed by atoms with Gasteiger partial charge in [-0.1, -0.05) is 19.1 Å². The molecule has 0 aromatic heterocycles.